The zero-order chi connectivity index (χ0) is 16.4. The first-order chi connectivity index (χ1) is 9.91. The third-order valence-electron chi connectivity index (χ3n) is 2.72. The molecule has 0 amide bonds. The average Bonchev–Trinajstić information content (AvgIpc) is 3.23. The first-order valence-corrected chi connectivity index (χ1v) is 9.20. The van der Waals surface area contributed by atoms with E-state index in [4.69, 9.17) is 22.6 Å². The Labute approximate surface area is 157 Å². The molecule has 132 valence electrons. The molecular weight excluding hydrogens is 319 g/mol. The Morgan fingerprint density at radius 2 is 1.09 bits per heavy atom. The third-order valence-corrected chi connectivity index (χ3v) is 2.72. The van der Waals surface area contributed by atoms with Gasteiger partial charge in [-0.05, 0) is 6.42 Å². The molecule has 1 aliphatic rings. The summed E-state index contributed by atoms with van der Waals surface area (Å²) in [4.78, 5) is 0. The molecule has 1 heterocycles. The molecule has 1 fully saturated rings. The predicted molar refractivity (Wildman–Crippen MR) is 91.1 cm³/mol. The second kappa shape index (κ2) is 21.8. The SMILES string of the molecule is C1CO1.CCCCCCCCCCCCO.O=S(=O)(O)O.[NaH]. The van der Waals surface area contributed by atoms with Gasteiger partial charge in [0.25, 0.3) is 0 Å². The fourth-order valence-electron chi connectivity index (χ4n) is 1.60. The number of hydrogen-bond acceptors (Lipinski definition) is 4. The van der Waals surface area contributed by atoms with Gasteiger partial charge in [-0.2, -0.15) is 8.42 Å². The van der Waals surface area contributed by atoms with E-state index in [2.05, 4.69) is 11.7 Å². The van der Waals surface area contributed by atoms with E-state index in [0.717, 1.165) is 19.6 Å². The maximum absolute atomic E-state index is 8.74. The van der Waals surface area contributed by atoms with Crippen LogP contribution in [0.3, 0.4) is 0 Å². The van der Waals surface area contributed by atoms with Crippen LogP contribution in [0.4, 0.5) is 0 Å². The summed E-state index contributed by atoms with van der Waals surface area (Å²) in [5, 5.41) is 8.57. The quantitative estimate of drug-likeness (QED) is 0.241. The zero-order valence-corrected chi connectivity index (χ0v) is 14.0. The van der Waals surface area contributed by atoms with Crippen LogP contribution >= 0.6 is 0 Å². The second-order valence-corrected chi connectivity index (χ2v) is 5.86. The Bertz CT molecular complexity index is 262. The van der Waals surface area contributed by atoms with Crippen LogP contribution < -0.4 is 0 Å². The number of rotatable bonds is 10. The monoisotopic (exact) mass is 352 g/mol. The summed E-state index contributed by atoms with van der Waals surface area (Å²) in [5.74, 6) is 0. The van der Waals surface area contributed by atoms with Crippen molar-refractivity contribution >= 4 is 40.0 Å². The number of epoxide rings is 1. The summed E-state index contributed by atoms with van der Waals surface area (Å²) in [6.45, 7) is 4.63. The number of aliphatic hydroxyl groups excluding tert-OH is 1. The van der Waals surface area contributed by atoms with E-state index in [1.165, 1.54) is 57.8 Å². The van der Waals surface area contributed by atoms with Crippen LogP contribution in [0, 0.1) is 0 Å². The van der Waals surface area contributed by atoms with Crippen molar-refractivity contribution in [3.05, 3.63) is 0 Å². The van der Waals surface area contributed by atoms with E-state index in [0.29, 0.717) is 6.61 Å². The van der Waals surface area contributed by atoms with E-state index in [-0.39, 0.29) is 29.6 Å². The number of unbranched alkanes of at least 4 members (excludes halogenated alkanes) is 9. The summed E-state index contributed by atoms with van der Waals surface area (Å²) >= 11 is 0. The van der Waals surface area contributed by atoms with Crippen molar-refractivity contribution in [2.24, 2.45) is 0 Å². The summed E-state index contributed by atoms with van der Waals surface area (Å²) in [7, 11) is -4.67. The molecule has 0 spiro atoms. The minimum atomic E-state index is -4.67. The molecule has 0 aromatic rings. The van der Waals surface area contributed by atoms with Crippen molar-refractivity contribution < 1.29 is 27.4 Å². The van der Waals surface area contributed by atoms with E-state index >= 15 is 0 Å². The Morgan fingerprint density at radius 3 is 1.32 bits per heavy atom. The van der Waals surface area contributed by atoms with Gasteiger partial charge >= 0.3 is 40.0 Å². The summed E-state index contributed by atoms with van der Waals surface area (Å²) in [5.41, 5.74) is 0. The van der Waals surface area contributed by atoms with Crippen LogP contribution in [0.15, 0.2) is 0 Å². The Balaban J connectivity index is -0.000000328. The van der Waals surface area contributed by atoms with E-state index in [1.54, 1.807) is 0 Å². The van der Waals surface area contributed by atoms with Crippen molar-refractivity contribution in [2.45, 2.75) is 71.1 Å². The summed E-state index contributed by atoms with van der Waals surface area (Å²) < 4.78 is 36.1. The van der Waals surface area contributed by atoms with Crippen molar-refractivity contribution in [3.63, 3.8) is 0 Å². The molecule has 0 saturated carbocycles. The molecule has 0 aromatic carbocycles. The van der Waals surface area contributed by atoms with E-state index in [1.807, 2.05) is 0 Å². The zero-order valence-electron chi connectivity index (χ0n) is 13.2. The molecule has 1 aliphatic heterocycles. The Morgan fingerprint density at radius 1 is 0.818 bits per heavy atom. The van der Waals surface area contributed by atoms with Crippen molar-refractivity contribution in [1.29, 1.82) is 0 Å². The van der Waals surface area contributed by atoms with Gasteiger partial charge in [0.05, 0.1) is 13.2 Å². The summed E-state index contributed by atoms with van der Waals surface area (Å²) in [6.07, 6.45) is 13.3. The molecule has 0 aromatic heterocycles. The van der Waals surface area contributed by atoms with Crippen LogP contribution in [0.1, 0.15) is 71.1 Å². The summed E-state index contributed by atoms with van der Waals surface area (Å²) in [6, 6.07) is 0. The van der Waals surface area contributed by atoms with E-state index < -0.39 is 10.4 Å². The number of aliphatic hydroxyl groups is 1. The number of ether oxygens (including phenoxy) is 1. The molecule has 0 radical (unpaired) electrons. The molecular formula is C14H33NaO6S. The second-order valence-electron chi connectivity index (χ2n) is 4.97. The van der Waals surface area contributed by atoms with Gasteiger partial charge < -0.3 is 9.84 Å². The van der Waals surface area contributed by atoms with E-state index in [9.17, 15) is 0 Å². The van der Waals surface area contributed by atoms with Gasteiger partial charge in [-0.25, -0.2) is 0 Å². The molecule has 6 nitrogen and oxygen atoms in total. The molecule has 1 rings (SSSR count). The molecule has 0 atom stereocenters. The topological polar surface area (TPSA) is 107 Å². The van der Waals surface area contributed by atoms with Gasteiger partial charge in [0.15, 0.2) is 0 Å². The van der Waals surface area contributed by atoms with Crippen molar-refractivity contribution in [2.75, 3.05) is 19.8 Å². The molecule has 0 unspecified atom stereocenters. The average molecular weight is 352 g/mol. The van der Waals surface area contributed by atoms with Gasteiger partial charge in [-0.3, -0.25) is 9.11 Å². The predicted octanol–water partition coefficient (Wildman–Crippen LogP) is 2.61. The standard InChI is InChI=1S/C12H26O.C2H4O.Na.H2O4S.H/c1-2-3-4-5-6-7-8-9-10-11-12-13;1-2-3-1;;1-5(2,3)4;/h13H,2-12H2,1H3;1-2H2;;(H2,1,2,3,4);. The Kier molecular flexibility index (Phi) is 27.4. The molecule has 0 bridgehead atoms. The van der Waals surface area contributed by atoms with Gasteiger partial charge in [0, 0.05) is 6.61 Å². The van der Waals surface area contributed by atoms with Gasteiger partial charge in [0.1, 0.15) is 0 Å². The number of hydrogen-bond donors (Lipinski definition) is 3. The van der Waals surface area contributed by atoms with Crippen molar-refractivity contribution in [1.82, 2.24) is 0 Å². The molecule has 8 heteroatoms. The minimum absolute atomic E-state index is 0. The van der Waals surface area contributed by atoms with Crippen LogP contribution in [0.25, 0.3) is 0 Å². The molecule has 0 aliphatic carbocycles. The molecule has 3 N–H and O–H groups in total. The first-order valence-electron chi connectivity index (χ1n) is 7.80. The fraction of sp³-hybridized carbons (Fsp3) is 1.00. The van der Waals surface area contributed by atoms with Gasteiger partial charge in [-0.15, -0.1) is 0 Å². The van der Waals surface area contributed by atoms with Crippen molar-refractivity contribution in [3.8, 4) is 0 Å². The Hall–Kier alpha value is 0.790. The van der Waals surface area contributed by atoms with Gasteiger partial charge in [0.2, 0.25) is 0 Å². The fourth-order valence-corrected chi connectivity index (χ4v) is 1.60. The van der Waals surface area contributed by atoms with Crippen LogP contribution in [-0.2, 0) is 15.1 Å². The normalized spacial score (nSPS) is 12.2. The molecule has 1 saturated heterocycles. The first kappa shape index (κ1) is 27.6. The van der Waals surface area contributed by atoms with Crippen LogP contribution in [0.5, 0.6) is 0 Å². The van der Waals surface area contributed by atoms with Crippen LogP contribution in [-0.4, -0.2) is 72.0 Å². The van der Waals surface area contributed by atoms with Gasteiger partial charge in [-0.1, -0.05) is 64.7 Å². The molecule has 22 heavy (non-hydrogen) atoms. The van der Waals surface area contributed by atoms with Crippen LogP contribution in [0.2, 0.25) is 0 Å². The maximum atomic E-state index is 8.74. The third kappa shape index (κ3) is 58.6.